The van der Waals surface area contributed by atoms with Crippen molar-refractivity contribution in [1.82, 2.24) is 4.90 Å². The van der Waals surface area contributed by atoms with Crippen molar-refractivity contribution >= 4 is 5.97 Å². The molecule has 6 heteroatoms. The number of carbonyl (C=O) groups is 1. The van der Waals surface area contributed by atoms with Crippen LogP contribution in [0.5, 0.6) is 5.75 Å². The van der Waals surface area contributed by atoms with E-state index < -0.39 is 11.9 Å². The van der Waals surface area contributed by atoms with Gasteiger partial charge in [0.15, 0.2) is 0 Å². The van der Waals surface area contributed by atoms with E-state index in [1.54, 1.807) is 36.2 Å². The number of alkyl halides is 2. The smallest absolute Gasteiger partial charge is 0.317 e. The number of rotatable bonds is 10. The molecule has 0 saturated carbocycles. The average molecular weight is 482 g/mol. The molecule has 1 unspecified atom stereocenters. The van der Waals surface area contributed by atoms with E-state index in [0.29, 0.717) is 18.7 Å². The predicted molar refractivity (Wildman–Crippen MR) is 134 cm³/mol. The molecule has 0 saturated heterocycles. The van der Waals surface area contributed by atoms with E-state index >= 15 is 8.78 Å². The van der Waals surface area contributed by atoms with E-state index in [-0.39, 0.29) is 29.2 Å². The van der Waals surface area contributed by atoms with Gasteiger partial charge in [-0.2, -0.15) is 8.78 Å². The molecular formula is C29H33F2NO3. The lowest BCUT2D eigenvalue weighted by Crippen LogP contribution is -2.28. The zero-order chi connectivity index (χ0) is 25.6. The molecule has 1 atom stereocenters. The van der Waals surface area contributed by atoms with E-state index in [9.17, 15) is 4.79 Å². The minimum absolute atomic E-state index is 0.0530. The molecule has 0 spiro atoms. The summed E-state index contributed by atoms with van der Waals surface area (Å²) < 4.78 is 36.6. The number of benzene rings is 3. The van der Waals surface area contributed by atoms with Gasteiger partial charge in [0, 0.05) is 24.1 Å². The molecule has 0 fully saturated rings. The van der Waals surface area contributed by atoms with Gasteiger partial charge in [0.05, 0.1) is 6.54 Å². The summed E-state index contributed by atoms with van der Waals surface area (Å²) in [7, 11) is 1.74. The Morgan fingerprint density at radius 3 is 1.91 bits per heavy atom. The van der Waals surface area contributed by atoms with E-state index in [4.69, 9.17) is 9.84 Å². The van der Waals surface area contributed by atoms with Crippen LogP contribution in [0.1, 0.15) is 55.5 Å². The maximum Gasteiger partial charge on any atom is 0.317 e. The zero-order valence-corrected chi connectivity index (χ0v) is 20.7. The number of likely N-dealkylation sites (N-methyl/N-ethyl adjacent to an activating group) is 1. The largest absolute Gasteiger partial charge is 0.486 e. The summed E-state index contributed by atoms with van der Waals surface area (Å²) in [5, 5.41) is 8.99. The summed E-state index contributed by atoms with van der Waals surface area (Å²) in [5.74, 6) is -3.55. The first kappa shape index (κ1) is 26.4. The first-order valence-electron chi connectivity index (χ1n) is 11.7. The van der Waals surface area contributed by atoms with Crippen LogP contribution < -0.4 is 4.74 Å². The van der Waals surface area contributed by atoms with Gasteiger partial charge in [-0.05, 0) is 47.9 Å². The Labute approximate surface area is 206 Å². The van der Waals surface area contributed by atoms with E-state index in [2.05, 4.69) is 0 Å². The van der Waals surface area contributed by atoms with Crippen LogP contribution in [0.4, 0.5) is 8.78 Å². The van der Waals surface area contributed by atoms with Gasteiger partial charge in [-0.15, -0.1) is 0 Å². The second kappa shape index (κ2) is 11.0. The topological polar surface area (TPSA) is 49.8 Å². The molecule has 0 aromatic heterocycles. The Morgan fingerprint density at radius 2 is 1.40 bits per heavy atom. The molecule has 1 N–H and O–H groups in total. The molecule has 0 aliphatic rings. The van der Waals surface area contributed by atoms with Gasteiger partial charge in [-0.25, -0.2) is 0 Å². The van der Waals surface area contributed by atoms with Crippen molar-refractivity contribution in [2.24, 2.45) is 0 Å². The molecule has 0 amide bonds. The first-order valence-corrected chi connectivity index (χ1v) is 11.7. The molecule has 0 bridgehead atoms. The van der Waals surface area contributed by atoms with Crippen LogP contribution in [0, 0.1) is 0 Å². The lowest BCUT2D eigenvalue weighted by atomic mass is 9.86. The van der Waals surface area contributed by atoms with Crippen molar-refractivity contribution in [3.8, 4) is 5.75 Å². The third kappa shape index (κ3) is 7.12. The highest BCUT2D eigenvalue weighted by molar-refractivity contribution is 5.69. The minimum atomic E-state index is -3.13. The standard InChI is InChI=1S/C29H33F2NO3/c1-28(2,3)22-10-12-23(13-11-22)29(30,31)24-14-16-25(17-15-24)35-26(21-8-6-5-7-9-21)18-19-32(4)20-27(33)34/h5-17,26H,18-20H2,1-4H3,(H,33,34). The summed E-state index contributed by atoms with van der Waals surface area (Å²) in [4.78, 5) is 12.7. The highest BCUT2D eigenvalue weighted by Gasteiger charge is 2.34. The van der Waals surface area contributed by atoms with Gasteiger partial charge in [-0.1, -0.05) is 75.4 Å². The number of hydrogen-bond acceptors (Lipinski definition) is 3. The molecule has 4 nitrogen and oxygen atoms in total. The van der Waals surface area contributed by atoms with Crippen LogP contribution in [0.25, 0.3) is 0 Å². The number of hydrogen-bond donors (Lipinski definition) is 1. The molecule has 186 valence electrons. The second-order valence-electron chi connectivity index (χ2n) is 9.86. The fourth-order valence-electron chi connectivity index (χ4n) is 3.86. The van der Waals surface area contributed by atoms with Crippen LogP contribution >= 0.6 is 0 Å². The van der Waals surface area contributed by atoms with Crippen LogP contribution in [0.15, 0.2) is 78.9 Å². The Morgan fingerprint density at radius 1 is 0.886 bits per heavy atom. The van der Waals surface area contributed by atoms with E-state index in [0.717, 1.165) is 11.1 Å². The number of aliphatic carboxylic acids is 1. The molecular weight excluding hydrogens is 448 g/mol. The summed E-state index contributed by atoms with van der Waals surface area (Å²) in [6, 6.07) is 22.0. The quantitative estimate of drug-likeness (QED) is 0.352. The molecule has 0 aliphatic carbocycles. The summed E-state index contributed by atoms with van der Waals surface area (Å²) in [5.41, 5.74) is 1.67. The number of carboxylic acid groups (broad SMARTS) is 1. The van der Waals surface area contributed by atoms with Gasteiger partial charge < -0.3 is 9.84 Å². The van der Waals surface area contributed by atoms with Gasteiger partial charge in [-0.3, -0.25) is 9.69 Å². The lowest BCUT2D eigenvalue weighted by molar-refractivity contribution is -0.138. The van der Waals surface area contributed by atoms with Crippen molar-refractivity contribution in [2.45, 2.75) is 44.6 Å². The lowest BCUT2D eigenvalue weighted by Gasteiger charge is -2.24. The van der Waals surface area contributed by atoms with Gasteiger partial charge >= 0.3 is 5.97 Å². The van der Waals surface area contributed by atoms with Crippen molar-refractivity contribution in [2.75, 3.05) is 20.1 Å². The Kier molecular flexibility index (Phi) is 8.28. The molecule has 35 heavy (non-hydrogen) atoms. The summed E-state index contributed by atoms with van der Waals surface area (Å²) in [6.07, 6.45) is 0.204. The molecule has 3 aromatic rings. The fourth-order valence-corrected chi connectivity index (χ4v) is 3.86. The van der Waals surface area contributed by atoms with Crippen molar-refractivity contribution in [1.29, 1.82) is 0 Å². The normalized spacial score (nSPS) is 13.0. The Balaban J connectivity index is 1.75. The molecule has 3 aromatic carbocycles. The molecule has 0 aliphatic heterocycles. The average Bonchev–Trinajstić information content (AvgIpc) is 2.81. The third-order valence-electron chi connectivity index (χ3n) is 5.96. The highest BCUT2D eigenvalue weighted by atomic mass is 19.3. The molecule has 0 radical (unpaired) electrons. The molecule has 0 heterocycles. The van der Waals surface area contributed by atoms with Crippen LogP contribution in [0.3, 0.4) is 0 Å². The van der Waals surface area contributed by atoms with Crippen LogP contribution in [0.2, 0.25) is 0 Å². The SMILES string of the molecule is CN(CCC(Oc1ccc(C(F)(F)c2ccc(C(C)(C)C)cc2)cc1)c1ccccc1)CC(=O)O. The third-order valence-corrected chi connectivity index (χ3v) is 5.96. The number of carboxylic acids is 1. The van der Waals surface area contributed by atoms with E-state index in [1.807, 2.05) is 51.1 Å². The van der Waals surface area contributed by atoms with Crippen molar-refractivity contribution in [3.63, 3.8) is 0 Å². The maximum absolute atomic E-state index is 15.2. The monoisotopic (exact) mass is 481 g/mol. The maximum atomic E-state index is 15.2. The number of ether oxygens (including phenoxy) is 1. The van der Waals surface area contributed by atoms with Crippen molar-refractivity contribution in [3.05, 3.63) is 101 Å². The highest BCUT2D eigenvalue weighted by Crippen LogP contribution is 2.37. The zero-order valence-electron chi connectivity index (χ0n) is 20.7. The fraction of sp³-hybridized carbons (Fsp3) is 0.345. The predicted octanol–water partition coefficient (Wildman–Crippen LogP) is 6.65. The van der Waals surface area contributed by atoms with Gasteiger partial charge in [0.2, 0.25) is 0 Å². The van der Waals surface area contributed by atoms with Crippen molar-refractivity contribution < 1.29 is 23.4 Å². The summed E-state index contributed by atoms with van der Waals surface area (Å²) >= 11 is 0. The summed E-state index contributed by atoms with van der Waals surface area (Å²) in [6.45, 7) is 6.58. The van der Waals surface area contributed by atoms with Crippen LogP contribution in [-0.4, -0.2) is 36.1 Å². The minimum Gasteiger partial charge on any atom is -0.486 e. The first-order chi connectivity index (χ1) is 16.5. The van der Waals surface area contributed by atoms with Gasteiger partial charge in [0.1, 0.15) is 11.9 Å². The molecule has 3 rings (SSSR count). The second-order valence-corrected chi connectivity index (χ2v) is 9.86. The number of nitrogens with zero attached hydrogens (tertiary/aromatic N) is 1. The number of halogens is 2. The Bertz CT molecular complexity index is 1090. The van der Waals surface area contributed by atoms with Gasteiger partial charge in [0.25, 0.3) is 5.92 Å². The van der Waals surface area contributed by atoms with Crippen LogP contribution in [-0.2, 0) is 16.1 Å². The van der Waals surface area contributed by atoms with E-state index in [1.165, 1.54) is 24.3 Å². The Hall–Kier alpha value is -3.25.